The number of rotatable bonds is 7. The van der Waals surface area contributed by atoms with Gasteiger partial charge in [-0.2, -0.15) is 0 Å². The Balaban J connectivity index is 1.95. The second-order valence-corrected chi connectivity index (χ2v) is 4.95. The first-order valence-corrected chi connectivity index (χ1v) is 7.39. The molecule has 1 aromatic carbocycles. The molecular formula is C19H17FN2O. The summed E-state index contributed by atoms with van der Waals surface area (Å²) in [5.74, 6) is 5.24. The fourth-order valence-corrected chi connectivity index (χ4v) is 2.00. The molecule has 0 spiro atoms. The van der Waals surface area contributed by atoms with Gasteiger partial charge in [-0.25, -0.2) is 14.4 Å². The zero-order valence-corrected chi connectivity index (χ0v) is 12.8. The molecule has 23 heavy (non-hydrogen) atoms. The van der Waals surface area contributed by atoms with Crippen LogP contribution in [0, 0.1) is 30.5 Å². The average Bonchev–Trinajstić information content (AvgIpc) is 2.59. The van der Waals surface area contributed by atoms with E-state index in [9.17, 15) is 4.39 Å². The Kier molecular flexibility index (Phi) is 6.15. The average molecular weight is 308 g/mol. The van der Waals surface area contributed by atoms with Gasteiger partial charge in [-0.1, -0.05) is 5.92 Å². The van der Waals surface area contributed by atoms with E-state index in [1.807, 2.05) is 0 Å². The standard InChI is InChI=1S/C19H17FN2O/c1-3-5-6-7-8-11-23-18-10-9-16(12-17(18)20)19-21-13-15(4-2)14-22-19/h1-2,9-10,12-14H,5-8,11H2. The minimum absolute atomic E-state index is 0.228. The molecule has 0 amide bonds. The third-order valence-electron chi connectivity index (χ3n) is 3.23. The van der Waals surface area contributed by atoms with Crippen LogP contribution in [0.3, 0.4) is 0 Å². The number of hydrogen-bond acceptors (Lipinski definition) is 3. The molecule has 0 fully saturated rings. The molecule has 4 heteroatoms. The Morgan fingerprint density at radius 3 is 2.52 bits per heavy atom. The minimum atomic E-state index is -0.434. The van der Waals surface area contributed by atoms with E-state index in [0.29, 0.717) is 23.6 Å². The van der Waals surface area contributed by atoms with E-state index < -0.39 is 5.82 Å². The smallest absolute Gasteiger partial charge is 0.165 e. The molecule has 0 bridgehead atoms. The normalized spacial score (nSPS) is 9.87. The van der Waals surface area contributed by atoms with E-state index in [0.717, 1.165) is 25.7 Å². The second kappa shape index (κ2) is 8.56. The van der Waals surface area contributed by atoms with Gasteiger partial charge in [0.2, 0.25) is 0 Å². The Bertz CT molecular complexity index is 727. The third-order valence-corrected chi connectivity index (χ3v) is 3.23. The van der Waals surface area contributed by atoms with Crippen LogP contribution in [0.2, 0.25) is 0 Å². The van der Waals surface area contributed by atoms with E-state index in [2.05, 4.69) is 21.8 Å². The van der Waals surface area contributed by atoms with Crippen molar-refractivity contribution < 1.29 is 9.13 Å². The van der Waals surface area contributed by atoms with Crippen LogP contribution in [-0.2, 0) is 0 Å². The number of nitrogens with zero attached hydrogens (tertiary/aromatic N) is 2. The van der Waals surface area contributed by atoms with Gasteiger partial charge >= 0.3 is 0 Å². The van der Waals surface area contributed by atoms with Crippen molar-refractivity contribution in [1.29, 1.82) is 0 Å². The molecule has 0 aliphatic carbocycles. The maximum atomic E-state index is 14.1. The lowest BCUT2D eigenvalue weighted by molar-refractivity contribution is 0.291. The quantitative estimate of drug-likeness (QED) is 0.576. The molecule has 0 aliphatic heterocycles. The molecule has 1 aromatic heterocycles. The first kappa shape index (κ1) is 16.5. The van der Waals surface area contributed by atoms with E-state index in [1.54, 1.807) is 12.1 Å². The number of aromatic nitrogens is 2. The molecule has 0 radical (unpaired) electrons. The third kappa shape index (κ3) is 4.83. The van der Waals surface area contributed by atoms with Crippen molar-refractivity contribution in [3.05, 3.63) is 42.0 Å². The van der Waals surface area contributed by atoms with Gasteiger partial charge in [0.05, 0.1) is 12.2 Å². The molecule has 0 aliphatic rings. The molecule has 0 saturated carbocycles. The fourth-order valence-electron chi connectivity index (χ4n) is 2.00. The maximum Gasteiger partial charge on any atom is 0.165 e. The highest BCUT2D eigenvalue weighted by Crippen LogP contribution is 2.23. The summed E-state index contributed by atoms with van der Waals surface area (Å²) in [6.07, 6.45) is 17.0. The number of unbranched alkanes of at least 4 members (excludes halogenated alkanes) is 3. The number of halogens is 1. The summed E-state index contributed by atoms with van der Waals surface area (Å²) >= 11 is 0. The van der Waals surface area contributed by atoms with Crippen molar-refractivity contribution in [3.8, 4) is 41.8 Å². The Hall–Kier alpha value is -2.85. The van der Waals surface area contributed by atoms with Gasteiger partial charge in [-0.05, 0) is 37.5 Å². The van der Waals surface area contributed by atoms with Gasteiger partial charge in [0.15, 0.2) is 17.4 Å². The van der Waals surface area contributed by atoms with Crippen molar-refractivity contribution in [2.24, 2.45) is 0 Å². The first-order valence-electron chi connectivity index (χ1n) is 7.39. The lowest BCUT2D eigenvalue weighted by Crippen LogP contribution is -2.00. The summed E-state index contributed by atoms with van der Waals surface area (Å²) in [5, 5.41) is 0. The predicted octanol–water partition coefficient (Wildman–Crippen LogP) is 3.84. The number of hydrogen-bond donors (Lipinski definition) is 0. The zero-order valence-electron chi connectivity index (χ0n) is 12.8. The first-order chi connectivity index (χ1) is 11.2. The molecule has 0 atom stereocenters. The van der Waals surface area contributed by atoms with Gasteiger partial charge < -0.3 is 4.74 Å². The highest BCUT2D eigenvalue weighted by molar-refractivity contribution is 5.56. The molecule has 1 heterocycles. The summed E-state index contributed by atoms with van der Waals surface area (Å²) in [6.45, 7) is 0.466. The number of benzene rings is 1. The predicted molar refractivity (Wildman–Crippen MR) is 88.2 cm³/mol. The van der Waals surface area contributed by atoms with Crippen LogP contribution >= 0.6 is 0 Å². The van der Waals surface area contributed by atoms with Gasteiger partial charge in [0.25, 0.3) is 0 Å². The van der Waals surface area contributed by atoms with Crippen LogP contribution in [0.5, 0.6) is 5.75 Å². The molecule has 116 valence electrons. The molecular weight excluding hydrogens is 291 g/mol. The largest absolute Gasteiger partial charge is 0.491 e. The van der Waals surface area contributed by atoms with E-state index in [-0.39, 0.29) is 5.75 Å². The molecule has 0 saturated heterocycles. The molecule has 0 N–H and O–H groups in total. The van der Waals surface area contributed by atoms with E-state index >= 15 is 0 Å². The fraction of sp³-hybridized carbons (Fsp3) is 0.263. The minimum Gasteiger partial charge on any atom is -0.491 e. The molecule has 0 unspecified atom stereocenters. The van der Waals surface area contributed by atoms with Crippen molar-refractivity contribution in [2.45, 2.75) is 25.7 Å². The van der Waals surface area contributed by atoms with Gasteiger partial charge in [-0.15, -0.1) is 18.8 Å². The summed E-state index contributed by atoms with van der Waals surface area (Å²) < 4.78 is 19.5. The Labute approximate surface area is 135 Å². The number of ether oxygens (including phenoxy) is 1. The molecule has 2 aromatic rings. The van der Waals surface area contributed by atoms with Crippen LogP contribution in [0.4, 0.5) is 4.39 Å². The zero-order chi connectivity index (χ0) is 16.5. The Morgan fingerprint density at radius 1 is 1.09 bits per heavy atom. The van der Waals surface area contributed by atoms with Crippen LogP contribution in [0.1, 0.15) is 31.2 Å². The summed E-state index contributed by atoms with van der Waals surface area (Å²) in [4.78, 5) is 8.23. The lowest BCUT2D eigenvalue weighted by atomic mass is 10.2. The summed E-state index contributed by atoms with van der Waals surface area (Å²) in [5.41, 5.74) is 1.16. The van der Waals surface area contributed by atoms with Crippen LogP contribution in [-0.4, -0.2) is 16.6 Å². The second-order valence-electron chi connectivity index (χ2n) is 4.95. The monoisotopic (exact) mass is 308 g/mol. The van der Waals surface area contributed by atoms with Crippen molar-refractivity contribution in [1.82, 2.24) is 9.97 Å². The van der Waals surface area contributed by atoms with Crippen LogP contribution in [0.25, 0.3) is 11.4 Å². The number of terminal acetylenes is 2. The van der Waals surface area contributed by atoms with Gasteiger partial charge in [0, 0.05) is 24.4 Å². The SMILES string of the molecule is C#CCCCCCOc1ccc(-c2ncc(C#C)cn2)cc1F. The van der Waals surface area contributed by atoms with Crippen molar-refractivity contribution >= 4 is 0 Å². The maximum absolute atomic E-state index is 14.1. The lowest BCUT2D eigenvalue weighted by Gasteiger charge is -2.08. The van der Waals surface area contributed by atoms with Crippen LogP contribution < -0.4 is 4.74 Å². The highest BCUT2D eigenvalue weighted by Gasteiger charge is 2.08. The van der Waals surface area contributed by atoms with E-state index in [4.69, 9.17) is 17.6 Å². The van der Waals surface area contributed by atoms with Gasteiger partial charge in [0.1, 0.15) is 0 Å². The summed E-state index contributed by atoms with van der Waals surface area (Å²) in [6, 6.07) is 4.67. The Morgan fingerprint density at radius 2 is 1.87 bits per heavy atom. The highest BCUT2D eigenvalue weighted by atomic mass is 19.1. The molecule has 3 nitrogen and oxygen atoms in total. The topological polar surface area (TPSA) is 35.0 Å². The molecule has 2 rings (SSSR count). The van der Waals surface area contributed by atoms with Gasteiger partial charge in [-0.3, -0.25) is 0 Å². The summed E-state index contributed by atoms with van der Waals surface area (Å²) in [7, 11) is 0. The van der Waals surface area contributed by atoms with Crippen LogP contribution in [0.15, 0.2) is 30.6 Å². The van der Waals surface area contributed by atoms with E-state index in [1.165, 1.54) is 18.5 Å². The van der Waals surface area contributed by atoms with Crippen molar-refractivity contribution in [3.63, 3.8) is 0 Å². The van der Waals surface area contributed by atoms with Crippen molar-refractivity contribution in [2.75, 3.05) is 6.61 Å².